The average molecular weight is 271 g/mol. The summed E-state index contributed by atoms with van der Waals surface area (Å²) in [5.74, 6) is -0.143. The zero-order valence-electron chi connectivity index (χ0n) is 9.98. The molecular formula is C15H11ClN2O. The van der Waals surface area contributed by atoms with Gasteiger partial charge < -0.3 is 10.3 Å². The first-order valence-corrected chi connectivity index (χ1v) is 6.25. The number of fused-ring (bicyclic) bond motifs is 1. The van der Waals surface area contributed by atoms with Crippen LogP contribution in [0.25, 0.3) is 10.9 Å². The topological polar surface area (TPSA) is 44.9 Å². The van der Waals surface area contributed by atoms with E-state index < -0.39 is 0 Å². The maximum absolute atomic E-state index is 12.2. The molecule has 1 amide bonds. The molecule has 0 aliphatic heterocycles. The van der Waals surface area contributed by atoms with Crippen molar-refractivity contribution in [2.45, 2.75) is 0 Å². The van der Waals surface area contributed by atoms with E-state index in [2.05, 4.69) is 10.3 Å². The predicted molar refractivity (Wildman–Crippen MR) is 77.7 cm³/mol. The van der Waals surface area contributed by atoms with Gasteiger partial charge in [0.15, 0.2) is 0 Å². The summed E-state index contributed by atoms with van der Waals surface area (Å²) in [6.45, 7) is 0. The molecule has 1 aromatic heterocycles. The van der Waals surface area contributed by atoms with Crippen molar-refractivity contribution in [1.82, 2.24) is 4.98 Å². The number of benzene rings is 2. The fraction of sp³-hybridized carbons (Fsp3) is 0. The zero-order valence-corrected chi connectivity index (χ0v) is 10.7. The van der Waals surface area contributed by atoms with Crippen molar-refractivity contribution in [3.05, 3.63) is 65.3 Å². The molecule has 4 heteroatoms. The molecular weight excluding hydrogens is 260 g/mol. The summed E-state index contributed by atoms with van der Waals surface area (Å²) in [6.07, 6.45) is 1.82. The maximum Gasteiger partial charge on any atom is 0.257 e. The minimum Gasteiger partial charge on any atom is -0.361 e. The number of hydrogen-bond acceptors (Lipinski definition) is 1. The summed E-state index contributed by atoms with van der Waals surface area (Å²) in [4.78, 5) is 15.3. The van der Waals surface area contributed by atoms with Crippen LogP contribution in [0, 0.1) is 0 Å². The Morgan fingerprint density at radius 1 is 1.05 bits per heavy atom. The highest BCUT2D eigenvalue weighted by Gasteiger charge is 2.10. The smallest absolute Gasteiger partial charge is 0.257 e. The third-order valence-electron chi connectivity index (χ3n) is 2.93. The van der Waals surface area contributed by atoms with E-state index in [1.165, 1.54) is 0 Å². The Bertz CT molecular complexity index is 731. The molecule has 0 saturated carbocycles. The van der Waals surface area contributed by atoms with Gasteiger partial charge in [0.25, 0.3) is 5.91 Å². The van der Waals surface area contributed by atoms with Gasteiger partial charge in [0.2, 0.25) is 0 Å². The third kappa shape index (κ3) is 2.33. The van der Waals surface area contributed by atoms with Gasteiger partial charge >= 0.3 is 0 Å². The molecule has 3 aromatic rings. The number of aromatic amines is 1. The second kappa shape index (κ2) is 4.78. The van der Waals surface area contributed by atoms with E-state index in [1.54, 1.807) is 30.3 Å². The van der Waals surface area contributed by atoms with Crippen LogP contribution >= 0.6 is 11.6 Å². The number of para-hydroxylation sites is 1. The molecule has 0 saturated heterocycles. The molecule has 2 aromatic carbocycles. The van der Waals surface area contributed by atoms with Crippen molar-refractivity contribution in [1.29, 1.82) is 0 Å². The molecule has 0 radical (unpaired) electrons. The van der Waals surface area contributed by atoms with E-state index in [1.807, 2.05) is 24.4 Å². The number of carbonyl (C=O) groups excluding carboxylic acids is 1. The SMILES string of the molecule is O=C(Nc1ccc(Cl)cc1)c1cccc2cc[nH]c12. The first-order valence-electron chi connectivity index (χ1n) is 5.87. The molecule has 2 N–H and O–H groups in total. The second-order valence-electron chi connectivity index (χ2n) is 4.21. The molecule has 0 bridgehead atoms. The number of amides is 1. The molecule has 0 fully saturated rings. The molecule has 3 rings (SSSR count). The highest BCUT2D eigenvalue weighted by atomic mass is 35.5. The van der Waals surface area contributed by atoms with Gasteiger partial charge in [-0.3, -0.25) is 4.79 Å². The summed E-state index contributed by atoms with van der Waals surface area (Å²) in [6, 6.07) is 14.6. The van der Waals surface area contributed by atoms with Gasteiger partial charge in [0.05, 0.1) is 11.1 Å². The van der Waals surface area contributed by atoms with Crippen molar-refractivity contribution in [3.8, 4) is 0 Å². The molecule has 3 nitrogen and oxygen atoms in total. The molecule has 1 heterocycles. The summed E-state index contributed by atoms with van der Waals surface area (Å²) in [7, 11) is 0. The number of halogens is 1. The van der Waals surface area contributed by atoms with Crippen molar-refractivity contribution in [2.24, 2.45) is 0 Å². The first-order chi connectivity index (χ1) is 9.24. The molecule has 0 aliphatic carbocycles. The Labute approximate surface area is 115 Å². The molecule has 0 unspecified atom stereocenters. The first kappa shape index (κ1) is 11.8. The normalized spacial score (nSPS) is 10.6. The third-order valence-corrected chi connectivity index (χ3v) is 3.19. The summed E-state index contributed by atoms with van der Waals surface area (Å²) in [5, 5.41) is 4.51. The van der Waals surface area contributed by atoms with E-state index in [-0.39, 0.29) is 5.91 Å². The molecule has 19 heavy (non-hydrogen) atoms. The quantitative estimate of drug-likeness (QED) is 0.724. The number of H-pyrrole nitrogens is 1. The van der Waals surface area contributed by atoms with Crippen molar-refractivity contribution >= 4 is 34.1 Å². The number of aromatic nitrogens is 1. The Hall–Kier alpha value is -2.26. The van der Waals surface area contributed by atoms with E-state index in [0.29, 0.717) is 10.6 Å². The Morgan fingerprint density at radius 2 is 1.84 bits per heavy atom. The molecule has 94 valence electrons. The van der Waals surface area contributed by atoms with Crippen LogP contribution < -0.4 is 5.32 Å². The second-order valence-corrected chi connectivity index (χ2v) is 4.64. The van der Waals surface area contributed by atoms with Crippen molar-refractivity contribution < 1.29 is 4.79 Å². The van der Waals surface area contributed by atoms with Gasteiger partial charge in [-0.05, 0) is 36.4 Å². The van der Waals surface area contributed by atoms with Crippen LogP contribution in [0.2, 0.25) is 5.02 Å². The van der Waals surface area contributed by atoms with Crippen LogP contribution in [0.15, 0.2) is 54.7 Å². The minimum absolute atomic E-state index is 0.143. The molecule has 0 spiro atoms. The zero-order chi connectivity index (χ0) is 13.2. The monoisotopic (exact) mass is 270 g/mol. The van der Waals surface area contributed by atoms with Crippen molar-refractivity contribution in [3.63, 3.8) is 0 Å². The van der Waals surface area contributed by atoms with Crippen molar-refractivity contribution in [2.75, 3.05) is 5.32 Å². The van der Waals surface area contributed by atoms with Crippen LogP contribution in [0.5, 0.6) is 0 Å². The fourth-order valence-corrected chi connectivity index (χ4v) is 2.13. The Kier molecular flexibility index (Phi) is 2.97. The lowest BCUT2D eigenvalue weighted by Gasteiger charge is -2.06. The van der Waals surface area contributed by atoms with Gasteiger partial charge in [-0.25, -0.2) is 0 Å². The summed E-state index contributed by atoms with van der Waals surface area (Å²) >= 11 is 5.81. The Balaban J connectivity index is 1.92. The van der Waals surface area contributed by atoms with Gasteiger partial charge in [0, 0.05) is 22.3 Å². The van der Waals surface area contributed by atoms with Gasteiger partial charge in [-0.15, -0.1) is 0 Å². The number of rotatable bonds is 2. The lowest BCUT2D eigenvalue weighted by Crippen LogP contribution is -2.12. The maximum atomic E-state index is 12.2. The number of nitrogens with one attached hydrogen (secondary N) is 2. The number of carbonyl (C=O) groups is 1. The number of anilines is 1. The molecule has 0 atom stereocenters. The van der Waals surface area contributed by atoms with Crippen LogP contribution in [-0.4, -0.2) is 10.9 Å². The van der Waals surface area contributed by atoms with E-state index in [4.69, 9.17) is 11.6 Å². The predicted octanol–water partition coefficient (Wildman–Crippen LogP) is 4.07. The highest BCUT2D eigenvalue weighted by Crippen LogP contribution is 2.19. The van der Waals surface area contributed by atoms with Crippen LogP contribution in [0.1, 0.15) is 10.4 Å². The highest BCUT2D eigenvalue weighted by molar-refractivity contribution is 6.30. The number of hydrogen-bond donors (Lipinski definition) is 2. The molecule has 0 aliphatic rings. The van der Waals surface area contributed by atoms with Gasteiger partial charge in [-0.1, -0.05) is 23.7 Å². The summed E-state index contributed by atoms with van der Waals surface area (Å²) in [5.41, 5.74) is 2.18. The van der Waals surface area contributed by atoms with Gasteiger partial charge in [0.1, 0.15) is 0 Å². The largest absolute Gasteiger partial charge is 0.361 e. The lowest BCUT2D eigenvalue weighted by molar-refractivity contribution is 0.102. The summed E-state index contributed by atoms with van der Waals surface area (Å²) < 4.78 is 0. The minimum atomic E-state index is -0.143. The average Bonchev–Trinajstić information content (AvgIpc) is 2.89. The van der Waals surface area contributed by atoms with E-state index in [0.717, 1.165) is 16.6 Å². The van der Waals surface area contributed by atoms with Gasteiger partial charge in [-0.2, -0.15) is 0 Å². The van der Waals surface area contributed by atoms with Crippen LogP contribution in [-0.2, 0) is 0 Å². The Morgan fingerprint density at radius 3 is 2.63 bits per heavy atom. The van der Waals surface area contributed by atoms with Crippen LogP contribution in [0.4, 0.5) is 5.69 Å². The van der Waals surface area contributed by atoms with E-state index in [9.17, 15) is 4.79 Å². The fourth-order valence-electron chi connectivity index (χ4n) is 2.01. The standard InChI is InChI=1S/C15H11ClN2O/c16-11-4-6-12(7-5-11)18-15(19)13-3-1-2-10-8-9-17-14(10)13/h1-9,17H,(H,18,19). The lowest BCUT2D eigenvalue weighted by atomic mass is 10.1. The van der Waals surface area contributed by atoms with Crippen LogP contribution in [0.3, 0.4) is 0 Å². The van der Waals surface area contributed by atoms with E-state index >= 15 is 0 Å².